The second kappa shape index (κ2) is 53.9. The lowest BCUT2D eigenvalue weighted by Gasteiger charge is -2.18. The standard InChI is InChI=1S/C60H100O6/c1-4-7-10-13-16-19-22-25-27-29-30-31-33-35-38-41-44-47-50-53-59(62)65-56-57(55-64-58(61)52-49-46-43-40-37-34-24-21-18-15-12-9-6-3)66-60(63)54-51-48-45-42-39-36-32-28-26-23-20-17-14-11-8-5-2/h9,12,15,18,21,24,28-30,32,34,36-37,39-40,43,57H,4-8,10-11,13-14,16-17,19-20,22-23,25-27,31,33,35,38,41-42,44-56H2,1-3H3/b12-9-,18-15-,24-21-,30-29-,32-28-,37-34-,39-36-,43-40-. The molecule has 6 heteroatoms. The molecule has 0 spiro atoms. The van der Waals surface area contributed by atoms with E-state index in [0.29, 0.717) is 12.8 Å². The molecule has 0 aliphatic heterocycles. The minimum atomic E-state index is -0.822. The molecule has 0 aliphatic carbocycles. The average Bonchev–Trinajstić information content (AvgIpc) is 3.31. The average molecular weight is 917 g/mol. The number of rotatable bonds is 48. The molecule has 0 amide bonds. The maximum atomic E-state index is 12.8. The van der Waals surface area contributed by atoms with Gasteiger partial charge in [-0.3, -0.25) is 14.4 Å². The first-order valence-electron chi connectivity index (χ1n) is 27.3. The van der Waals surface area contributed by atoms with Crippen LogP contribution in [0.2, 0.25) is 0 Å². The van der Waals surface area contributed by atoms with Gasteiger partial charge in [-0.05, 0) is 83.5 Å². The van der Waals surface area contributed by atoms with Crippen molar-refractivity contribution in [3.05, 3.63) is 97.2 Å². The van der Waals surface area contributed by atoms with Crippen molar-refractivity contribution >= 4 is 17.9 Å². The Morgan fingerprint density at radius 1 is 0.318 bits per heavy atom. The van der Waals surface area contributed by atoms with E-state index in [2.05, 4.69) is 63.3 Å². The van der Waals surface area contributed by atoms with Crippen molar-refractivity contribution < 1.29 is 28.6 Å². The van der Waals surface area contributed by atoms with Gasteiger partial charge in [0.25, 0.3) is 0 Å². The van der Waals surface area contributed by atoms with Gasteiger partial charge in [0, 0.05) is 19.3 Å². The molecule has 1 unspecified atom stereocenters. The van der Waals surface area contributed by atoms with Crippen molar-refractivity contribution in [1.82, 2.24) is 0 Å². The van der Waals surface area contributed by atoms with Crippen LogP contribution < -0.4 is 0 Å². The molecule has 0 bridgehead atoms. The van der Waals surface area contributed by atoms with E-state index < -0.39 is 6.10 Å². The zero-order chi connectivity index (χ0) is 47.9. The monoisotopic (exact) mass is 917 g/mol. The fourth-order valence-electron chi connectivity index (χ4n) is 7.34. The Bertz CT molecular complexity index is 1330. The van der Waals surface area contributed by atoms with Gasteiger partial charge in [-0.2, -0.15) is 0 Å². The van der Waals surface area contributed by atoms with Gasteiger partial charge >= 0.3 is 17.9 Å². The topological polar surface area (TPSA) is 78.9 Å². The number of hydrogen-bond donors (Lipinski definition) is 0. The molecular formula is C60H100O6. The number of allylic oxidation sites excluding steroid dienone is 16. The summed E-state index contributed by atoms with van der Waals surface area (Å²) in [6.45, 7) is 6.40. The summed E-state index contributed by atoms with van der Waals surface area (Å²) in [5.74, 6) is -1.02. The van der Waals surface area contributed by atoms with E-state index in [0.717, 1.165) is 64.2 Å². The van der Waals surface area contributed by atoms with Crippen LogP contribution in [0, 0.1) is 0 Å². The fourth-order valence-corrected chi connectivity index (χ4v) is 7.34. The molecule has 0 aromatic heterocycles. The molecule has 0 fully saturated rings. The highest BCUT2D eigenvalue weighted by Crippen LogP contribution is 2.14. The lowest BCUT2D eigenvalue weighted by atomic mass is 10.1. The summed E-state index contributed by atoms with van der Waals surface area (Å²) in [5.41, 5.74) is 0. The van der Waals surface area contributed by atoms with Crippen molar-refractivity contribution in [1.29, 1.82) is 0 Å². The summed E-state index contributed by atoms with van der Waals surface area (Å²) >= 11 is 0. The summed E-state index contributed by atoms with van der Waals surface area (Å²) in [6, 6.07) is 0. The molecule has 0 radical (unpaired) electrons. The van der Waals surface area contributed by atoms with Gasteiger partial charge in [-0.25, -0.2) is 0 Å². The fraction of sp³-hybridized carbons (Fsp3) is 0.683. The van der Waals surface area contributed by atoms with Crippen LogP contribution in [0.15, 0.2) is 97.2 Å². The Balaban J connectivity index is 4.49. The summed E-state index contributed by atoms with van der Waals surface area (Å²) in [7, 11) is 0. The van der Waals surface area contributed by atoms with E-state index in [-0.39, 0.29) is 44.0 Å². The van der Waals surface area contributed by atoms with Crippen molar-refractivity contribution in [3.63, 3.8) is 0 Å². The molecular weight excluding hydrogens is 817 g/mol. The van der Waals surface area contributed by atoms with Crippen LogP contribution in [0.1, 0.15) is 245 Å². The molecule has 0 saturated carbocycles. The Morgan fingerprint density at radius 3 is 1.06 bits per heavy atom. The lowest BCUT2D eigenvalue weighted by Crippen LogP contribution is -2.30. The highest BCUT2D eigenvalue weighted by molar-refractivity contribution is 5.71. The first kappa shape index (κ1) is 62.3. The van der Waals surface area contributed by atoms with Crippen LogP contribution in [0.5, 0.6) is 0 Å². The highest BCUT2D eigenvalue weighted by Gasteiger charge is 2.19. The van der Waals surface area contributed by atoms with Crippen LogP contribution in [0.3, 0.4) is 0 Å². The number of hydrogen-bond acceptors (Lipinski definition) is 6. The Hall–Kier alpha value is -3.67. The molecule has 376 valence electrons. The Labute approximate surface area is 407 Å². The van der Waals surface area contributed by atoms with E-state index >= 15 is 0 Å². The minimum Gasteiger partial charge on any atom is -0.462 e. The largest absolute Gasteiger partial charge is 0.462 e. The van der Waals surface area contributed by atoms with Crippen molar-refractivity contribution in [2.24, 2.45) is 0 Å². The van der Waals surface area contributed by atoms with Gasteiger partial charge < -0.3 is 14.2 Å². The van der Waals surface area contributed by atoms with Crippen LogP contribution in [0.4, 0.5) is 0 Å². The third-order valence-corrected chi connectivity index (χ3v) is 11.4. The first-order chi connectivity index (χ1) is 32.5. The first-order valence-corrected chi connectivity index (χ1v) is 27.3. The molecule has 0 aromatic rings. The normalized spacial score (nSPS) is 12.8. The van der Waals surface area contributed by atoms with E-state index in [4.69, 9.17) is 14.2 Å². The van der Waals surface area contributed by atoms with Crippen LogP contribution >= 0.6 is 0 Å². The van der Waals surface area contributed by atoms with Gasteiger partial charge in [-0.1, -0.05) is 240 Å². The van der Waals surface area contributed by atoms with Gasteiger partial charge in [0.1, 0.15) is 13.2 Å². The molecule has 0 saturated heterocycles. The zero-order valence-electron chi connectivity index (χ0n) is 42.9. The van der Waals surface area contributed by atoms with Crippen LogP contribution in [-0.2, 0) is 28.6 Å². The molecule has 1 atom stereocenters. The van der Waals surface area contributed by atoms with Crippen molar-refractivity contribution in [3.8, 4) is 0 Å². The zero-order valence-corrected chi connectivity index (χ0v) is 42.9. The van der Waals surface area contributed by atoms with E-state index in [1.165, 1.54) is 135 Å². The highest BCUT2D eigenvalue weighted by atomic mass is 16.6. The summed E-state index contributed by atoms with van der Waals surface area (Å²) < 4.78 is 16.7. The third kappa shape index (κ3) is 51.3. The second-order valence-electron chi connectivity index (χ2n) is 17.9. The number of esters is 3. The minimum absolute atomic E-state index is 0.114. The maximum absolute atomic E-state index is 12.8. The lowest BCUT2D eigenvalue weighted by molar-refractivity contribution is -0.167. The quantitative estimate of drug-likeness (QED) is 0.0199. The van der Waals surface area contributed by atoms with Crippen molar-refractivity contribution in [2.45, 2.75) is 252 Å². The number of unbranched alkanes of at least 4 members (excludes halogenated alkanes) is 26. The third-order valence-electron chi connectivity index (χ3n) is 11.4. The Morgan fingerprint density at radius 2 is 0.621 bits per heavy atom. The Kier molecular flexibility index (Phi) is 50.9. The van der Waals surface area contributed by atoms with Gasteiger partial charge in [0.2, 0.25) is 0 Å². The predicted molar refractivity (Wildman–Crippen MR) is 284 cm³/mol. The number of ether oxygens (including phenoxy) is 3. The molecule has 66 heavy (non-hydrogen) atoms. The number of carbonyl (C=O) groups is 3. The SMILES string of the molecule is CC\C=C/C=C\C=C/C=C\C=C/CCCC(=O)OCC(COC(=O)CCCCCCCCC/C=C\CCCCCCCCCC)OC(=O)CCCCC/C=C\C=C/CCCCCCCCC. The molecule has 0 N–H and O–H groups in total. The molecule has 0 rings (SSSR count). The molecule has 0 heterocycles. The van der Waals surface area contributed by atoms with E-state index in [1.807, 2.05) is 54.7 Å². The van der Waals surface area contributed by atoms with Crippen molar-refractivity contribution in [2.75, 3.05) is 13.2 Å². The molecule has 6 nitrogen and oxygen atoms in total. The number of carbonyl (C=O) groups excluding carboxylic acids is 3. The summed E-state index contributed by atoms with van der Waals surface area (Å²) in [5, 5.41) is 0. The van der Waals surface area contributed by atoms with E-state index in [9.17, 15) is 14.4 Å². The second-order valence-corrected chi connectivity index (χ2v) is 17.9. The van der Waals surface area contributed by atoms with Gasteiger partial charge in [0.15, 0.2) is 6.10 Å². The van der Waals surface area contributed by atoms with Gasteiger partial charge in [0.05, 0.1) is 0 Å². The van der Waals surface area contributed by atoms with Crippen LogP contribution in [0.25, 0.3) is 0 Å². The summed E-state index contributed by atoms with van der Waals surface area (Å²) in [6.07, 6.45) is 71.2. The summed E-state index contributed by atoms with van der Waals surface area (Å²) in [4.78, 5) is 38.0. The smallest absolute Gasteiger partial charge is 0.306 e. The predicted octanol–water partition coefficient (Wildman–Crippen LogP) is 18.1. The van der Waals surface area contributed by atoms with E-state index in [1.54, 1.807) is 0 Å². The van der Waals surface area contributed by atoms with Crippen LogP contribution in [-0.4, -0.2) is 37.2 Å². The molecule has 0 aliphatic rings. The molecule has 0 aromatic carbocycles. The van der Waals surface area contributed by atoms with Gasteiger partial charge in [-0.15, -0.1) is 0 Å². The maximum Gasteiger partial charge on any atom is 0.306 e.